The molecule has 1 aromatic heterocycles. The van der Waals surface area contributed by atoms with Gasteiger partial charge in [0.1, 0.15) is 0 Å². The molecule has 0 radical (unpaired) electrons. The van der Waals surface area contributed by atoms with Gasteiger partial charge in [-0.05, 0) is 65.3 Å². The number of hydrogen-bond acceptors (Lipinski definition) is 3. The number of carbonyl (C=O) groups excluding carboxylic acids is 1. The largest absolute Gasteiger partial charge is 0.348 e. The number of rotatable bonds is 4. The Morgan fingerprint density at radius 1 is 1.20 bits per heavy atom. The molecule has 2 aromatic carbocycles. The molecule has 0 fully saturated rings. The van der Waals surface area contributed by atoms with Gasteiger partial charge in [0.25, 0.3) is 5.91 Å². The Balaban J connectivity index is 1.92. The Labute approximate surface area is 153 Å². The van der Waals surface area contributed by atoms with Gasteiger partial charge in [0, 0.05) is 33.8 Å². The van der Waals surface area contributed by atoms with Crippen LogP contribution >= 0.6 is 15.9 Å². The molecule has 130 valence electrons. The molecule has 8 heteroatoms. The molecule has 0 spiro atoms. The van der Waals surface area contributed by atoms with Crippen LogP contribution in [-0.2, 0) is 16.6 Å². The Bertz CT molecular complexity index is 1070. The van der Waals surface area contributed by atoms with E-state index in [1.54, 1.807) is 0 Å². The third-order valence-corrected chi connectivity index (χ3v) is 5.48. The van der Waals surface area contributed by atoms with Crippen molar-refractivity contribution in [1.29, 1.82) is 0 Å². The zero-order chi connectivity index (χ0) is 18.2. The molecule has 0 aliphatic carbocycles. The van der Waals surface area contributed by atoms with Crippen molar-refractivity contribution in [2.24, 2.45) is 5.14 Å². The minimum Gasteiger partial charge on any atom is -0.348 e. The molecular formula is C17H16BrN3O3S. The van der Waals surface area contributed by atoms with Crippen LogP contribution in [0.2, 0.25) is 0 Å². The van der Waals surface area contributed by atoms with Gasteiger partial charge in [0.05, 0.1) is 10.5 Å². The number of benzene rings is 2. The number of nitrogens with zero attached hydrogens (tertiary/aromatic N) is 1. The highest BCUT2D eigenvalue weighted by Crippen LogP contribution is 2.24. The van der Waals surface area contributed by atoms with E-state index in [1.165, 1.54) is 18.2 Å². The first-order chi connectivity index (χ1) is 11.8. The van der Waals surface area contributed by atoms with Crippen molar-refractivity contribution in [2.75, 3.05) is 5.32 Å². The SMILES string of the molecule is CCn1ccc2cc(NC(=O)c3cc(S(N)(=O)=O)ccc3Br)ccc21. The van der Waals surface area contributed by atoms with Gasteiger partial charge in [0.15, 0.2) is 0 Å². The monoisotopic (exact) mass is 421 g/mol. The second-order valence-corrected chi connectivity index (χ2v) is 7.93. The molecule has 25 heavy (non-hydrogen) atoms. The molecule has 6 nitrogen and oxygen atoms in total. The highest BCUT2D eigenvalue weighted by Gasteiger charge is 2.16. The molecule has 3 rings (SSSR count). The smallest absolute Gasteiger partial charge is 0.256 e. The van der Waals surface area contributed by atoms with Gasteiger partial charge in [-0.15, -0.1) is 0 Å². The van der Waals surface area contributed by atoms with Crippen molar-refractivity contribution in [3.63, 3.8) is 0 Å². The van der Waals surface area contributed by atoms with Gasteiger partial charge >= 0.3 is 0 Å². The van der Waals surface area contributed by atoms with Crippen molar-refractivity contribution >= 4 is 48.5 Å². The highest BCUT2D eigenvalue weighted by molar-refractivity contribution is 9.10. The lowest BCUT2D eigenvalue weighted by Crippen LogP contribution is -2.16. The minimum absolute atomic E-state index is 0.115. The number of sulfonamides is 1. The van der Waals surface area contributed by atoms with E-state index in [0.29, 0.717) is 10.2 Å². The summed E-state index contributed by atoms with van der Waals surface area (Å²) < 4.78 is 25.6. The van der Waals surface area contributed by atoms with Gasteiger partial charge < -0.3 is 9.88 Å². The normalized spacial score (nSPS) is 11.6. The standard InChI is InChI=1S/C17H16BrN3O3S/c1-2-21-8-7-11-9-12(3-6-16(11)21)20-17(22)14-10-13(25(19,23)24)4-5-15(14)18/h3-10H,2H2,1H3,(H,20,22)(H2,19,23,24). The fourth-order valence-electron chi connectivity index (χ4n) is 2.61. The first-order valence-electron chi connectivity index (χ1n) is 7.52. The number of carbonyl (C=O) groups is 1. The van der Waals surface area contributed by atoms with Crippen molar-refractivity contribution in [1.82, 2.24) is 4.57 Å². The van der Waals surface area contributed by atoms with E-state index in [2.05, 4.69) is 32.7 Å². The summed E-state index contributed by atoms with van der Waals surface area (Å²) in [6.45, 7) is 2.92. The molecule has 3 N–H and O–H groups in total. The van der Waals surface area contributed by atoms with E-state index in [-0.39, 0.29) is 10.5 Å². The average Bonchev–Trinajstić information content (AvgIpc) is 2.96. The van der Waals surface area contributed by atoms with Crippen LogP contribution in [0.3, 0.4) is 0 Å². The van der Waals surface area contributed by atoms with Gasteiger partial charge in [0.2, 0.25) is 10.0 Å². The summed E-state index contributed by atoms with van der Waals surface area (Å²) in [4.78, 5) is 12.4. The quantitative estimate of drug-likeness (QED) is 0.676. The third kappa shape index (κ3) is 3.60. The lowest BCUT2D eigenvalue weighted by atomic mass is 10.2. The molecule has 0 saturated carbocycles. The molecule has 0 atom stereocenters. The summed E-state index contributed by atoms with van der Waals surface area (Å²) in [6, 6.07) is 11.7. The molecule has 0 aliphatic rings. The van der Waals surface area contributed by atoms with Gasteiger partial charge in [-0.25, -0.2) is 13.6 Å². The Morgan fingerprint density at radius 3 is 2.64 bits per heavy atom. The van der Waals surface area contributed by atoms with Crippen molar-refractivity contribution in [2.45, 2.75) is 18.4 Å². The number of fused-ring (bicyclic) bond motifs is 1. The number of anilines is 1. The number of aryl methyl sites for hydroxylation is 1. The average molecular weight is 422 g/mol. The number of amides is 1. The van der Waals surface area contributed by atoms with E-state index in [4.69, 9.17) is 5.14 Å². The van der Waals surface area contributed by atoms with Crippen molar-refractivity contribution in [3.05, 3.63) is 58.7 Å². The molecule has 0 saturated heterocycles. The number of aromatic nitrogens is 1. The van der Waals surface area contributed by atoms with Crippen molar-refractivity contribution in [3.8, 4) is 0 Å². The first kappa shape index (κ1) is 17.7. The number of hydrogen-bond donors (Lipinski definition) is 2. The fourth-order valence-corrected chi connectivity index (χ4v) is 3.57. The molecule has 1 heterocycles. The Hall–Kier alpha value is -2.16. The lowest BCUT2D eigenvalue weighted by molar-refractivity contribution is 0.102. The predicted octanol–water partition coefficient (Wildman–Crippen LogP) is 3.32. The van der Waals surface area contributed by atoms with Crippen LogP contribution in [-0.4, -0.2) is 18.9 Å². The van der Waals surface area contributed by atoms with E-state index in [1.807, 2.05) is 30.5 Å². The van der Waals surface area contributed by atoms with E-state index >= 15 is 0 Å². The van der Waals surface area contributed by atoms with Crippen LogP contribution in [0.25, 0.3) is 10.9 Å². The van der Waals surface area contributed by atoms with Crippen LogP contribution < -0.4 is 10.5 Å². The van der Waals surface area contributed by atoms with E-state index < -0.39 is 15.9 Å². The first-order valence-corrected chi connectivity index (χ1v) is 9.86. The van der Waals surface area contributed by atoms with Crippen molar-refractivity contribution < 1.29 is 13.2 Å². The Kier molecular flexibility index (Phi) is 4.68. The number of primary sulfonamides is 1. The molecule has 0 bridgehead atoms. The highest BCUT2D eigenvalue weighted by atomic mass is 79.9. The molecule has 0 aliphatic heterocycles. The lowest BCUT2D eigenvalue weighted by Gasteiger charge is -2.09. The summed E-state index contributed by atoms with van der Waals surface area (Å²) in [5, 5.41) is 8.92. The fraction of sp³-hybridized carbons (Fsp3) is 0.118. The van der Waals surface area contributed by atoms with Crippen LogP contribution in [0.15, 0.2) is 58.0 Å². The summed E-state index contributed by atoms with van der Waals surface area (Å²) >= 11 is 3.26. The van der Waals surface area contributed by atoms with Gasteiger partial charge in [-0.3, -0.25) is 4.79 Å². The second-order valence-electron chi connectivity index (χ2n) is 5.52. The van der Waals surface area contributed by atoms with E-state index in [0.717, 1.165) is 17.4 Å². The van der Waals surface area contributed by atoms with Gasteiger partial charge in [-0.1, -0.05) is 0 Å². The summed E-state index contributed by atoms with van der Waals surface area (Å²) in [7, 11) is -3.88. The summed E-state index contributed by atoms with van der Waals surface area (Å²) in [5.41, 5.74) is 1.90. The number of nitrogens with two attached hydrogens (primary N) is 1. The summed E-state index contributed by atoms with van der Waals surface area (Å²) in [6.07, 6.45) is 1.99. The molecule has 1 amide bonds. The molecule has 3 aromatic rings. The molecular weight excluding hydrogens is 406 g/mol. The van der Waals surface area contributed by atoms with Crippen LogP contribution in [0.5, 0.6) is 0 Å². The summed E-state index contributed by atoms with van der Waals surface area (Å²) in [5.74, 6) is -0.424. The second kappa shape index (κ2) is 6.62. The number of halogens is 1. The Morgan fingerprint density at radius 2 is 1.96 bits per heavy atom. The topological polar surface area (TPSA) is 94.2 Å². The third-order valence-electron chi connectivity index (χ3n) is 3.88. The van der Waals surface area contributed by atoms with Crippen LogP contribution in [0, 0.1) is 0 Å². The van der Waals surface area contributed by atoms with E-state index in [9.17, 15) is 13.2 Å². The minimum atomic E-state index is -3.88. The zero-order valence-corrected chi connectivity index (χ0v) is 15.8. The number of nitrogens with one attached hydrogen (secondary N) is 1. The predicted molar refractivity (Wildman–Crippen MR) is 101 cm³/mol. The molecule has 0 unspecified atom stereocenters. The zero-order valence-electron chi connectivity index (χ0n) is 13.4. The van der Waals surface area contributed by atoms with Gasteiger partial charge in [-0.2, -0.15) is 0 Å². The maximum atomic E-state index is 12.5. The maximum absolute atomic E-state index is 12.5. The maximum Gasteiger partial charge on any atom is 0.256 e. The van der Waals surface area contributed by atoms with Crippen LogP contribution in [0.1, 0.15) is 17.3 Å². The van der Waals surface area contributed by atoms with Crippen LogP contribution in [0.4, 0.5) is 5.69 Å².